The topological polar surface area (TPSA) is 55.7 Å². The fraction of sp³-hybridized carbons (Fsp3) is 0.118. The number of carbonyl (C=O) groups is 1. The molecule has 0 aromatic heterocycles. The molecular formula is C17H17NO3S. The zero-order valence-corrected chi connectivity index (χ0v) is 13.2. The predicted octanol–water partition coefficient (Wildman–Crippen LogP) is 3.66. The number of nitrogens with zero attached hydrogens (tertiary/aromatic N) is 1. The van der Waals surface area contributed by atoms with Gasteiger partial charge in [0.1, 0.15) is 0 Å². The Morgan fingerprint density at radius 2 is 1.73 bits per heavy atom. The summed E-state index contributed by atoms with van der Waals surface area (Å²) >= 11 is 0. The molecule has 0 bridgehead atoms. The van der Waals surface area contributed by atoms with E-state index in [0.29, 0.717) is 16.1 Å². The zero-order chi connectivity index (χ0) is 16.0. The maximum Gasteiger partial charge on any atom is 0.330 e. The van der Waals surface area contributed by atoms with Crippen molar-refractivity contribution in [2.24, 2.45) is 4.36 Å². The van der Waals surface area contributed by atoms with Crippen LogP contribution in [0.15, 0.2) is 69.9 Å². The summed E-state index contributed by atoms with van der Waals surface area (Å²) in [6, 6.07) is 16.3. The molecule has 0 aliphatic heterocycles. The van der Waals surface area contributed by atoms with Crippen LogP contribution in [0.4, 0.5) is 5.69 Å². The number of carbonyl (C=O) groups excluding carboxylic acids is 1. The molecule has 1 unspecified atom stereocenters. The van der Waals surface area contributed by atoms with E-state index in [1.54, 1.807) is 36.6 Å². The van der Waals surface area contributed by atoms with Gasteiger partial charge in [-0.3, -0.25) is 0 Å². The van der Waals surface area contributed by atoms with Gasteiger partial charge in [-0.2, -0.15) is 4.36 Å². The maximum atomic E-state index is 12.8. The molecule has 0 aliphatic rings. The van der Waals surface area contributed by atoms with Crippen LogP contribution in [-0.4, -0.2) is 23.5 Å². The van der Waals surface area contributed by atoms with Gasteiger partial charge in [-0.05, 0) is 24.3 Å². The summed E-state index contributed by atoms with van der Waals surface area (Å²) in [6.07, 6.45) is 4.52. The van der Waals surface area contributed by atoms with Crippen molar-refractivity contribution < 1.29 is 13.7 Å². The number of methoxy groups -OCH3 is 1. The van der Waals surface area contributed by atoms with Gasteiger partial charge in [0, 0.05) is 22.8 Å². The zero-order valence-electron chi connectivity index (χ0n) is 12.4. The molecule has 0 saturated heterocycles. The monoisotopic (exact) mass is 315 g/mol. The Labute approximate surface area is 130 Å². The van der Waals surface area contributed by atoms with Gasteiger partial charge < -0.3 is 4.74 Å². The number of hydrogen-bond acceptors (Lipinski definition) is 4. The average molecular weight is 315 g/mol. The van der Waals surface area contributed by atoms with Crippen LogP contribution in [0, 0.1) is 0 Å². The lowest BCUT2D eigenvalue weighted by Gasteiger charge is -2.06. The van der Waals surface area contributed by atoms with Crippen molar-refractivity contribution in [3.05, 3.63) is 66.2 Å². The minimum absolute atomic E-state index is 0.449. The Kier molecular flexibility index (Phi) is 5.12. The standard InChI is InChI=1S/C17H17NO3S/c1-21-17(19)13-12-14-8-6-7-11-16(14)18-22(2,20)15-9-4-3-5-10-15/h3-13H,1-2H3/b13-12-. The lowest BCUT2D eigenvalue weighted by atomic mass is 10.2. The molecule has 0 amide bonds. The van der Waals surface area contributed by atoms with Gasteiger partial charge in [-0.15, -0.1) is 0 Å². The van der Waals surface area contributed by atoms with Crippen LogP contribution >= 0.6 is 0 Å². The number of rotatable bonds is 4. The molecule has 2 aromatic carbocycles. The average Bonchev–Trinajstić information content (AvgIpc) is 2.54. The van der Waals surface area contributed by atoms with Crippen LogP contribution in [0.5, 0.6) is 0 Å². The molecule has 22 heavy (non-hydrogen) atoms. The van der Waals surface area contributed by atoms with E-state index in [1.807, 2.05) is 30.3 Å². The van der Waals surface area contributed by atoms with Crippen molar-refractivity contribution in [3.63, 3.8) is 0 Å². The van der Waals surface area contributed by atoms with Gasteiger partial charge in [0.05, 0.1) is 22.5 Å². The van der Waals surface area contributed by atoms with Crippen molar-refractivity contribution in [1.82, 2.24) is 0 Å². The number of hydrogen-bond donors (Lipinski definition) is 0. The van der Waals surface area contributed by atoms with Gasteiger partial charge in [0.25, 0.3) is 0 Å². The molecule has 5 heteroatoms. The summed E-state index contributed by atoms with van der Waals surface area (Å²) in [5, 5.41) is 0. The minimum Gasteiger partial charge on any atom is -0.466 e. The third-order valence-electron chi connectivity index (χ3n) is 2.99. The molecule has 1 atom stereocenters. The molecule has 0 aliphatic carbocycles. The lowest BCUT2D eigenvalue weighted by Crippen LogP contribution is -1.97. The minimum atomic E-state index is -2.56. The van der Waals surface area contributed by atoms with Crippen molar-refractivity contribution in [2.45, 2.75) is 4.90 Å². The quantitative estimate of drug-likeness (QED) is 0.639. The highest BCUT2D eigenvalue weighted by molar-refractivity contribution is 7.93. The van der Waals surface area contributed by atoms with Crippen LogP contribution < -0.4 is 0 Å². The Morgan fingerprint density at radius 1 is 1.09 bits per heavy atom. The second-order valence-corrected chi connectivity index (χ2v) is 6.88. The van der Waals surface area contributed by atoms with E-state index in [4.69, 9.17) is 0 Å². The van der Waals surface area contributed by atoms with Gasteiger partial charge in [0.15, 0.2) is 0 Å². The highest BCUT2D eigenvalue weighted by Gasteiger charge is 2.07. The molecule has 0 fully saturated rings. The molecule has 0 N–H and O–H groups in total. The molecule has 0 saturated carbocycles. The Morgan fingerprint density at radius 3 is 2.41 bits per heavy atom. The van der Waals surface area contributed by atoms with E-state index in [2.05, 4.69) is 9.10 Å². The largest absolute Gasteiger partial charge is 0.466 e. The number of ether oxygens (including phenoxy) is 1. The summed E-state index contributed by atoms with van der Waals surface area (Å²) in [7, 11) is -1.24. The van der Waals surface area contributed by atoms with Crippen molar-refractivity contribution in [2.75, 3.05) is 13.4 Å². The lowest BCUT2D eigenvalue weighted by molar-refractivity contribution is -0.134. The van der Waals surface area contributed by atoms with E-state index in [9.17, 15) is 9.00 Å². The maximum absolute atomic E-state index is 12.8. The van der Waals surface area contributed by atoms with E-state index in [1.165, 1.54) is 13.2 Å². The van der Waals surface area contributed by atoms with Gasteiger partial charge in [-0.25, -0.2) is 9.00 Å². The SMILES string of the molecule is COC(=O)/C=C\c1ccccc1N=S(C)(=O)c1ccccc1. The normalized spacial score (nSPS) is 13.5. The Hall–Kier alpha value is -2.40. The predicted molar refractivity (Wildman–Crippen MR) is 88.4 cm³/mol. The fourth-order valence-corrected chi connectivity index (χ4v) is 3.16. The van der Waals surface area contributed by atoms with Crippen molar-refractivity contribution in [1.29, 1.82) is 0 Å². The first-order chi connectivity index (χ1) is 10.5. The molecule has 0 heterocycles. The summed E-state index contributed by atoms with van der Waals surface area (Å²) in [5.41, 5.74) is 1.28. The number of esters is 1. The van der Waals surface area contributed by atoms with E-state index in [0.717, 1.165) is 0 Å². The van der Waals surface area contributed by atoms with Crippen LogP contribution in [0.25, 0.3) is 6.08 Å². The smallest absolute Gasteiger partial charge is 0.330 e. The second kappa shape index (κ2) is 7.04. The third kappa shape index (κ3) is 4.05. The first-order valence-electron chi connectivity index (χ1n) is 6.65. The highest BCUT2D eigenvalue weighted by atomic mass is 32.2. The molecule has 114 valence electrons. The van der Waals surface area contributed by atoms with Crippen LogP contribution in [0.2, 0.25) is 0 Å². The second-order valence-electron chi connectivity index (χ2n) is 4.62. The Bertz CT molecular complexity index is 804. The summed E-state index contributed by atoms with van der Waals surface area (Å²) in [5.74, 6) is -0.449. The Balaban J connectivity index is 2.46. The van der Waals surface area contributed by atoms with E-state index < -0.39 is 15.7 Å². The van der Waals surface area contributed by atoms with Gasteiger partial charge >= 0.3 is 5.97 Å². The first kappa shape index (κ1) is 16.0. The molecule has 2 rings (SSSR count). The summed E-state index contributed by atoms with van der Waals surface area (Å²) < 4.78 is 21.8. The first-order valence-corrected chi connectivity index (χ1v) is 8.57. The molecular weight excluding hydrogens is 298 g/mol. The molecule has 0 radical (unpaired) electrons. The third-order valence-corrected chi connectivity index (χ3v) is 4.68. The molecule has 4 nitrogen and oxygen atoms in total. The van der Waals surface area contributed by atoms with E-state index in [-0.39, 0.29) is 0 Å². The van der Waals surface area contributed by atoms with Crippen LogP contribution in [0.3, 0.4) is 0 Å². The molecule has 2 aromatic rings. The number of benzene rings is 2. The van der Waals surface area contributed by atoms with E-state index >= 15 is 0 Å². The highest BCUT2D eigenvalue weighted by Crippen LogP contribution is 2.24. The van der Waals surface area contributed by atoms with Crippen molar-refractivity contribution in [3.8, 4) is 0 Å². The fourth-order valence-electron chi connectivity index (χ4n) is 1.85. The van der Waals surface area contributed by atoms with Gasteiger partial charge in [-0.1, -0.05) is 36.4 Å². The molecule has 0 spiro atoms. The summed E-state index contributed by atoms with van der Waals surface area (Å²) in [4.78, 5) is 11.9. The van der Waals surface area contributed by atoms with Crippen molar-refractivity contribution >= 4 is 27.5 Å². The van der Waals surface area contributed by atoms with Crippen LogP contribution in [-0.2, 0) is 19.3 Å². The summed E-state index contributed by atoms with van der Waals surface area (Å²) in [6.45, 7) is 0. The van der Waals surface area contributed by atoms with Crippen LogP contribution in [0.1, 0.15) is 5.56 Å². The van der Waals surface area contributed by atoms with Gasteiger partial charge in [0.2, 0.25) is 0 Å².